The predicted molar refractivity (Wildman–Crippen MR) is 110 cm³/mol. The number of carbonyl (C=O) groups is 1. The largest absolute Gasteiger partial charge is 0.441 e. The van der Waals surface area contributed by atoms with Crippen LogP contribution >= 0.6 is 23.2 Å². The number of hydrogen-bond acceptors (Lipinski definition) is 3. The fraction of sp³-hybridized carbons (Fsp3) is 0.273. The number of ketones is 1. The lowest BCUT2D eigenvalue weighted by molar-refractivity contribution is 0.0982. The minimum absolute atomic E-state index is 0.0770. The first kappa shape index (κ1) is 19.7. The van der Waals surface area contributed by atoms with Crippen LogP contribution in [0.1, 0.15) is 53.6 Å². The molecule has 3 aromatic rings. The topological polar surface area (TPSA) is 43.1 Å². The monoisotopic (exact) mass is 401 g/mol. The van der Waals surface area contributed by atoms with Crippen LogP contribution in [0.2, 0.25) is 5.02 Å². The zero-order valence-corrected chi connectivity index (χ0v) is 16.8. The van der Waals surface area contributed by atoms with Crippen LogP contribution in [-0.2, 0) is 12.3 Å². The van der Waals surface area contributed by atoms with Gasteiger partial charge in [0.25, 0.3) is 0 Å². The molecule has 3 rings (SSSR count). The molecule has 3 nitrogen and oxygen atoms in total. The highest BCUT2D eigenvalue weighted by Gasteiger charge is 2.19. The molecule has 27 heavy (non-hydrogen) atoms. The molecule has 0 aliphatic carbocycles. The lowest BCUT2D eigenvalue weighted by atomic mass is 10.0. The molecule has 0 bridgehead atoms. The van der Waals surface area contributed by atoms with E-state index in [0.29, 0.717) is 35.2 Å². The summed E-state index contributed by atoms with van der Waals surface area (Å²) < 4.78 is 5.99. The Balaban J connectivity index is 1.79. The van der Waals surface area contributed by atoms with Crippen molar-refractivity contribution in [3.63, 3.8) is 0 Å². The van der Waals surface area contributed by atoms with Gasteiger partial charge in [0.2, 0.25) is 5.89 Å². The number of aromatic nitrogens is 1. The van der Waals surface area contributed by atoms with Crippen molar-refractivity contribution in [1.82, 2.24) is 4.98 Å². The van der Waals surface area contributed by atoms with Crippen LogP contribution in [0.15, 0.2) is 52.9 Å². The Morgan fingerprint density at radius 3 is 2.44 bits per heavy atom. The van der Waals surface area contributed by atoms with E-state index in [9.17, 15) is 4.79 Å². The van der Waals surface area contributed by atoms with Gasteiger partial charge >= 0.3 is 0 Å². The second kappa shape index (κ2) is 8.73. The molecule has 5 heteroatoms. The van der Waals surface area contributed by atoms with Crippen molar-refractivity contribution < 1.29 is 9.21 Å². The lowest BCUT2D eigenvalue weighted by Gasteiger charge is -2.04. The average Bonchev–Trinajstić information content (AvgIpc) is 3.11. The lowest BCUT2D eigenvalue weighted by Crippen LogP contribution is -2.03. The number of alkyl halides is 1. The minimum Gasteiger partial charge on any atom is -0.441 e. The molecule has 0 spiro atoms. The quantitative estimate of drug-likeness (QED) is 0.327. The number of halogens is 2. The predicted octanol–water partition coefficient (Wildman–Crippen LogP) is 6.67. The molecule has 2 aromatic carbocycles. The van der Waals surface area contributed by atoms with Gasteiger partial charge in [-0.1, -0.05) is 61.8 Å². The molecule has 0 amide bonds. The van der Waals surface area contributed by atoms with E-state index in [1.165, 1.54) is 0 Å². The smallest absolute Gasteiger partial charge is 0.228 e. The standard InChI is InChI=1S/C22H21Cl2NO2/c1-14(2)21-19(25-22(27-21)17-5-3-4-6-18(17)24)11-12-20(26)16-9-7-15(13-23)8-10-16/h3-10,14H,11-13H2,1-2H3. The zero-order chi connectivity index (χ0) is 19.4. The summed E-state index contributed by atoms with van der Waals surface area (Å²) in [5.41, 5.74) is 3.25. The maximum atomic E-state index is 12.5. The number of hydrogen-bond donors (Lipinski definition) is 0. The highest BCUT2D eigenvalue weighted by atomic mass is 35.5. The van der Waals surface area contributed by atoms with Crippen molar-refractivity contribution in [3.05, 3.63) is 76.1 Å². The minimum atomic E-state index is 0.0770. The van der Waals surface area contributed by atoms with Crippen LogP contribution in [0.4, 0.5) is 0 Å². The molecule has 0 aliphatic rings. The summed E-state index contributed by atoms with van der Waals surface area (Å²) in [4.78, 5) is 17.2. The summed E-state index contributed by atoms with van der Waals surface area (Å²) in [6, 6.07) is 14.9. The molecule has 0 saturated heterocycles. The van der Waals surface area contributed by atoms with E-state index in [0.717, 1.165) is 22.6 Å². The van der Waals surface area contributed by atoms with Gasteiger partial charge in [-0.25, -0.2) is 4.98 Å². The van der Waals surface area contributed by atoms with Gasteiger partial charge in [0, 0.05) is 30.2 Å². The Morgan fingerprint density at radius 1 is 1.11 bits per heavy atom. The second-order valence-corrected chi connectivity index (χ2v) is 7.39. The Bertz CT molecular complexity index is 930. The summed E-state index contributed by atoms with van der Waals surface area (Å²) >= 11 is 12.1. The van der Waals surface area contributed by atoms with E-state index in [1.807, 2.05) is 62.4 Å². The third-order valence-electron chi connectivity index (χ3n) is 4.38. The third-order valence-corrected chi connectivity index (χ3v) is 5.01. The number of rotatable bonds is 7. The normalized spacial score (nSPS) is 11.1. The summed E-state index contributed by atoms with van der Waals surface area (Å²) in [6.45, 7) is 4.10. The zero-order valence-electron chi connectivity index (χ0n) is 15.3. The highest BCUT2D eigenvalue weighted by Crippen LogP contribution is 2.31. The van der Waals surface area contributed by atoms with E-state index in [4.69, 9.17) is 27.6 Å². The summed E-state index contributed by atoms with van der Waals surface area (Å²) in [6.07, 6.45) is 0.895. The Kier molecular flexibility index (Phi) is 6.35. The first-order valence-corrected chi connectivity index (χ1v) is 9.83. The Hall–Kier alpha value is -2.10. The Morgan fingerprint density at radius 2 is 1.81 bits per heavy atom. The van der Waals surface area contributed by atoms with Gasteiger partial charge < -0.3 is 4.42 Å². The van der Waals surface area contributed by atoms with Crippen molar-refractivity contribution in [2.24, 2.45) is 0 Å². The van der Waals surface area contributed by atoms with Gasteiger partial charge in [-0.2, -0.15) is 0 Å². The van der Waals surface area contributed by atoms with Gasteiger partial charge in [-0.3, -0.25) is 4.79 Å². The van der Waals surface area contributed by atoms with Crippen molar-refractivity contribution in [1.29, 1.82) is 0 Å². The number of aryl methyl sites for hydroxylation is 1. The molecule has 0 unspecified atom stereocenters. The van der Waals surface area contributed by atoms with E-state index in [1.54, 1.807) is 0 Å². The van der Waals surface area contributed by atoms with Crippen molar-refractivity contribution >= 4 is 29.0 Å². The fourth-order valence-electron chi connectivity index (χ4n) is 2.90. The van der Waals surface area contributed by atoms with E-state index in [-0.39, 0.29) is 11.7 Å². The fourth-order valence-corrected chi connectivity index (χ4v) is 3.29. The average molecular weight is 402 g/mol. The molecule has 0 saturated carbocycles. The highest BCUT2D eigenvalue weighted by molar-refractivity contribution is 6.33. The summed E-state index contributed by atoms with van der Waals surface area (Å²) in [7, 11) is 0. The maximum absolute atomic E-state index is 12.5. The van der Waals surface area contributed by atoms with E-state index < -0.39 is 0 Å². The molecular weight excluding hydrogens is 381 g/mol. The second-order valence-electron chi connectivity index (χ2n) is 6.72. The molecule has 1 aromatic heterocycles. The van der Waals surface area contributed by atoms with E-state index >= 15 is 0 Å². The summed E-state index contributed by atoms with van der Waals surface area (Å²) in [5.74, 6) is 1.99. The molecule has 140 valence electrons. The number of oxazole rings is 1. The Labute approximate surface area is 169 Å². The first-order chi connectivity index (χ1) is 13.0. The van der Waals surface area contributed by atoms with Crippen molar-refractivity contribution in [3.8, 4) is 11.5 Å². The molecule has 1 heterocycles. The van der Waals surface area contributed by atoms with Crippen molar-refractivity contribution in [2.75, 3.05) is 0 Å². The van der Waals surface area contributed by atoms with Gasteiger partial charge in [0.15, 0.2) is 5.78 Å². The van der Waals surface area contributed by atoms with Crippen LogP contribution in [0, 0.1) is 0 Å². The SMILES string of the molecule is CC(C)c1oc(-c2ccccc2Cl)nc1CCC(=O)c1ccc(CCl)cc1. The van der Waals surface area contributed by atoms with Crippen molar-refractivity contribution in [2.45, 2.75) is 38.5 Å². The van der Waals surface area contributed by atoms with Crippen LogP contribution in [0.3, 0.4) is 0 Å². The molecule has 0 N–H and O–H groups in total. The number of benzene rings is 2. The number of nitrogens with zero attached hydrogens (tertiary/aromatic N) is 1. The van der Waals surface area contributed by atoms with Gasteiger partial charge in [-0.15, -0.1) is 11.6 Å². The van der Waals surface area contributed by atoms with Crippen LogP contribution in [-0.4, -0.2) is 10.8 Å². The van der Waals surface area contributed by atoms with Crippen LogP contribution < -0.4 is 0 Å². The molecule has 0 aliphatic heterocycles. The summed E-state index contributed by atoms with van der Waals surface area (Å²) in [5, 5.41) is 0.594. The van der Waals surface area contributed by atoms with Gasteiger partial charge in [-0.05, 0) is 17.7 Å². The molecule has 0 fully saturated rings. The molecular formula is C22H21Cl2NO2. The molecule has 0 radical (unpaired) electrons. The third kappa shape index (κ3) is 4.60. The van der Waals surface area contributed by atoms with Gasteiger partial charge in [0.1, 0.15) is 5.76 Å². The maximum Gasteiger partial charge on any atom is 0.228 e. The van der Waals surface area contributed by atoms with Crippen LogP contribution in [0.25, 0.3) is 11.5 Å². The number of carbonyl (C=O) groups excluding carboxylic acids is 1. The first-order valence-electron chi connectivity index (χ1n) is 8.92. The molecule has 0 atom stereocenters. The van der Waals surface area contributed by atoms with E-state index in [2.05, 4.69) is 4.98 Å². The van der Waals surface area contributed by atoms with Crippen LogP contribution in [0.5, 0.6) is 0 Å². The number of Topliss-reactive ketones (excluding diaryl/α,β-unsaturated/α-hetero) is 1. The van der Waals surface area contributed by atoms with Gasteiger partial charge in [0.05, 0.1) is 16.3 Å².